The summed E-state index contributed by atoms with van der Waals surface area (Å²) in [5.74, 6) is 0.934. The Balaban J connectivity index is 0.00000220. The van der Waals surface area contributed by atoms with Crippen LogP contribution in [0, 0.1) is 0 Å². The molecule has 1 aromatic rings. The lowest BCUT2D eigenvalue weighted by Crippen LogP contribution is -2.44. The molecule has 0 saturated carbocycles. The summed E-state index contributed by atoms with van der Waals surface area (Å²) in [4.78, 5) is 18.3. The number of para-hydroxylation sites is 1. The molecule has 0 radical (unpaired) electrons. The number of amides is 1. The Labute approximate surface area is 143 Å². The van der Waals surface area contributed by atoms with E-state index in [9.17, 15) is 4.79 Å². The molecule has 1 fully saturated rings. The molecule has 2 N–H and O–H groups in total. The van der Waals surface area contributed by atoms with Crippen LogP contribution in [-0.2, 0) is 4.79 Å². The summed E-state index contributed by atoms with van der Waals surface area (Å²) in [6.07, 6.45) is 0.503. The van der Waals surface area contributed by atoms with Crippen LogP contribution >= 0.6 is 24.0 Å². The van der Waals surface area contributed by atoms with Crippen molar-refractivity contribution < 1.29 is 4.79 Å². The van der Waals surface area contributed by atoms with E-state index in [1.54, 1.807) is 0 Å². The number of halogens is 1. The van der Waals surface area contributed by atoms with Gasteiger partial charge in [0.15, 0.2) is 5.96 Å². The van der Waals surface area contributed by atoms with Gasteiger partial charge in [0.05, 0.1) is 6.04 Å². The fourth-order valence-electron chi connectivity index (χ4n) is 2.33. The number of nitrogens with zero attached hydrogens (tertiary/aromatic N) is 2. The number of nitrogens with one attached hydrogen (secondary N) is 2. The normalized spacial score (nSPS) is 18.4. The van der Waals surface area contributed by atoms with Gasteiger partial charge in [0.25, 0.3) is 0 Å². The monoisotopic (exact) mass is 402 g/mol. The fourth-order valence-corrected chi connectivity index (χ4v) is 2.33. The van der Waals surface area contributed by atoms with Crippen molar-refractivity contribution in [3.8, 4) is 0 Å². The highest BCUT2D eigenvalue weighted by molar-refractivity contribution is 14.0. The summed E-state index contributed by atoms with van der Waals surface area (Å²) in [6.45, 7) is 6.24. The number of anilines is 1. The van der Waals surface area contributed by atoms with Crippen molar-refractivity contribution in [1.29, 1.82) is 0 Å². The molecule has 1 heterocycles. The molecule has 0 aromatic heterocycles. The van der Waals surface area contributed by atoms with E-state index < -0.39 is 0 Å². The van der Waals surface area contributed by atoms with Gasteiger partial charge in [-0.25, -0.2) is 0 Å². The second-order valence-corrected chi connectivity index (χ2v) is 4.74. The quantitative estimate of drug-likeness (QED) is 0.460. The molecule has 0 bridgehead atoms. The smallest absolute Gasteiger partial charge is 0.229 e. The highest BCUT2D eigenvalue weighted by Crippen LogP contribution is 2.20. The van der Waals surface area contributed by atoms with E-state index in [2.05, 4.69) is 15.6 Å². The molecule has 1 unspecified atom stereocenters. The zero-order chi connectivity index (χ0) is 14.4. The summed E-state index contributed by atoms with van der Waals surface area (Å²) in [6, 6.07) is 9.89. The zero-order valence-electron chi connectivity index (χ0n) is 12.5. The number of hydrogen-bond donors (Lipinski definition) is 2. The maximum Gasteiger partial charge on any atom is 0.229 e. The number of benzene rings is 1. The van der Waals surface area contributed by atoms with E-state index in [0.29, 0.717) is 13.0 Å². The largest absolute Gasteiger partial charge is 0.357 e. The summed E-state index contributed by atoms with van der Waals surface area (Å²) in [5, 5.41) is 6.51. The average Bonchev–Trinajstić information content (AvgIpc) is 2.81. The molecule has 5 nitrogen and oxygen atoms in total. The molecule has 21 heavy (non-hydrogen) atoms. The molecule has 6 heteroatoms. The lowest BCUT2D eigenvalue weighted by molar-refractivity contribution is -0.117. The average molecular weight is 402 g/mol. The van der Waals surface area contributed by atoms with Crippen LogP contribution in [0.25, 0.3) is 0 Å². The molecule has 1 amide bonds. The molecular weight excluding hydrogens is 379 g/mol. The van der Waals surface area contributed by atoms with Crippen molar-refractivity contribution in [3.63, 3.8) is 0 Å². The first-order valence-electron chi connectivity index (χ1n) is 7.14. The predicted octanol–water partition coefficient (Wildman–Crippen LogP) is 1.98. The van der Waals surface area contributed by atoms with Gasteiger partial charge < -0.3 is 15.5 Å². The molecule has 0 aliphatic carbocycles. The molecular formula is C15H23IN4O. The molecule has 1 saturated heterocycles. The van der Waals surface area contributed by atoms with Crippen LogP contribution < -0.4 is 15.5 Å². The first kappa shape index (κ1) is 17.7. The summed E-state index contributed by atoms with van der Waals surface area (Å²) in [5.41, 5.74) is 0.958. The first-order valence-corrected chi connectivity index (χ1v) is 7.14. The molecule has 0 spiro atoms. The summed E-state index contributed by atoms with van der Waals surface area (Å²) < 4.78 is 0. The van der Waals surface area contributed by atoms with Gasteiger partial charge in [-0.05, 0) is 26.0 Å². The molecule has 1 atom stereocenters. The van der Waals surface area contributed by atoms with Gasteiger partial charge in [-0.1, -0.05) is 18.2 Å². The van der Waals surface area contributed by atoms with Crippen LogP contribution in [0.3, 0.4) is 0 Å². The topological polar surface area (TPSA) is 56.7 Å². The van der Waals surface area contributed by atoms with E-state index in [0.717, 1.165) is 24.7 Å². The minimum absolute atomic E-state index is 0. The van der Waals surface area contributed by atoms with Gasteiger partial charge >= 0.3 is 0 Å². The van der Waals surface area contributed by atoms with Crippen molar-refractivity contribution in [2.24, 2.45) is 4.99 Å². The number of guanidine groups is 1. The SMILES string of the molecule is CCN=C(NCC)NC1CC(=O)N(c2ccccc2)C1.I. The van der Waals surface area contributed by atoms with Gasteiger partial charge in [0.2, 0.25) is 5.91 Å². The van der Waals surface area contributed by atoms with Crippen LogP contribution in [0.15, 0.2) is 35.3 Å². The van der Waals surface area contributed by atoms with E-state index in [1.165, 1.54) is 0 Å². The Morgan fingerprint density at radius 1 is 1.33 bits per heavy atom. The Hall–Kier alpha value is -1.31. The van der Waals surface area contributed by atoms with Crippen LogP contribution in [0.5, 0.6) is 0 Å². The molecule has 116 valence electrons. The second kappa shape index (κ2) is 8.86. The van der Waals surface area contributed by atoms with Crippen molar-refractivity contribution in [2.45, 2.75) is 26.3 Å². The van der Waals surface area contributed by atoms with Gasteiger partial charge in [0.1, 0.15) is 0 Å². The first-order chi connectivity index (χ1) is 9.74. The lowest BCUT2D eigenvalue weighted by atomic mass is 10.2. The van der Waals surface area contributed by atoms with Gasteiger partial charge in [-0.2, -0.15) is 0 Å². The number of aliphatic imine (C=N–C) groups is 1. The van der Waals surface area contributed by atoms with Crippen LogP contribution in [-0.4, -0.2) is 37.5 Å². The molecule has 1 aliphatic heterocycles. The van der Waals surface area contributed by atoms with Crippen molar-refractivity contribution in [1.82, 2.24) is 10.6 Å². The van der Waals surface area contributed by atoms with Crippen molar-refractivity contribution in [2.75, 3.05) is 24.5 Å². The van der Waals surface area contributed by atoms with Crippen LogP contribution in [0.2, 0.25) is 0 Å². The number of hydrogen-bond acceptors (Lipinski definition) is 2. The summed E-state index contributed by atoms with van der Waals surface area (Å²) in [7, 11) is 0. The van der Waals surface area contributed by atoms with E-state index >= 15 is 0 Å². The Morgan fingerprint density at radius 2 is 2.05 bits per heavy atom. The highest BCUT2D eigenvalue weighted by Gasteiger charge is 2.30. The number of rotatable bonds is 4. The maximum absolute atomic E-state index is 12.1. The third kappa shape index (κ3) is 4.87. The fraction of sp³-hybridized carbons (Fsp3) is 0.467. The third-order valence-electron chi connectivity index (χ3n) is 3.19. The summed E-state index contributed by atoms with van der Waals surface area (Å²) >= 11 is 0. The molecule has 1 aromatic carbocycles. The van der Waals surface area contributed by atoms with Crippen LogP contribution in [0.4, 0.5) is 5.69 Å². The predicted molar refractivity (Wildman–Crippen MR) is 97.4 cm³/mol. The minimum atomic E-state index is 0. The third-order valence-corrected chi connectivity index (χ3v) is 3.19. The number of carbonyl (C=O) groups excluding carboxylic acids is 1. The van der Waals surface area contributed by atoms with E-state index in [4.69, 9.17) is 0 Å². The van der Waals surface area contributed by atoms with Gasteiger partial charge in [0, 0.05) is 31.7 Å². The lowest BCUT2D eigenvalue weighted by Gasteiger charge is -2.18. The molecule has 2 rings (SSSR count). The molecule has 1 aliphatic rings. The van der Waals surface area contributed by atoms with E-state index in [-0.39, 0.29) is 35.9 Å². The van der Waals surface area contributed by atoms with Crippen molar-refractivity contribution in [3.05, 3.63) is 30.3 Å². The Bertz CT molecular complexity index is 478. The maximum atomic E-state index is 12.1. The standard InChI is InChI=1S/C15H22N4O.HI/c1-3-16-15(17-4-2)18-12-10-14(20)19(11-12)13-8-6-5-7-9-13;/h5-9,12H,3-4,10-11H2,1-2H3,(H2,16,17,18);1H. The second-order valence-electron chi connectivity index (χ2n) is 4.74. The highest BCUT2D eigenvalue weighted by atomic mass is 127. The minimum Gasteiger partial charge on any atom is -0.357 e. The number of carbonyl (C=O) groups is 1. The Morgan fingerprint density at radius 3 is 2.67 bits per heavy atom. The Kier molecular flexibility index (Phi) is 7.49. The van der Waals surface area contributed by atoms with Gasteiger partial charge in [-0.3, -0.25) is 9.79 Å². The van der Waals surface area contributed by atoms with E-state index in [1.807, 2.05) is 49.1 Å². The van der Waals surface area contributed by atoms with Crippen molar-refractivity contribution >= 4 is 41.5 Å². The van der Waals surface area contributed by atoms with Gasteiger partial charge in [-0.15, -0.1) is 24.0 Å². The van der Waals surface area contributed by atoms with Crippen LogP contribution in [0.1, 0.15) is 20.3 Å². The zero-order valence-corrected chi connectivity index (χ0v) is 14.8.